The fourth-order valence-electron chi connectivity index (χ4n) is 1.74. The summed E-state index contributed by atoms with van der Waals surface area (Å²) in [4.78, 5) is 11.3. The second-order valence-corrected chi connectivity index (χ2v) is 6.14. The van der Waals surface area contributed by atoms with Gasteiger partial charge >= 0.3 is 6.18 Å². The Morgan fingerprint density at radius 3 is 2.35 bits per heavy atom. The van der Waals surface area contributed by atoms with Crippen LogP contribution in [0.15, 0.2) is 15.4 Å². The van der Waals surface area contributed by atoms with Gasteiger partial charge in [0.1, 0.15) is 16.2 Å². The number of hydrogen-bond donors (Lipinski definition) is 2. The number of primary sulfonamides is 1. The van der Waals surface area contributed by atoms with Crippen LogP contribution >= 0.6 is 0 Å². The van der Waals surface area contributed by atoms with E-state index in [1.165, 1.54) is 6.92 Å². The smallest absolute Gasteiger partial charge is 0.411 e. The van der Waals surface area contributed by atoms with E-state index in [1.54, 1.807) is 0 Å². The average Bonchev–Trinajstić information content (AvgIpc) is 2.92. The van der Waals surface area contributed by atoms with Crippen LogP contribution in [0.1, 0.15) is 29.2 Å². The normalized spacial score (nSPS) is 17.9. The summed E-state index contributed by atoms with van der Waals surface area (Å²) in [6.07, 6.45) is -5.00. The summed E-state index contributed by atoms with van der Waals surface area (Å²) < 4.78 is 65.2. The summed E-state index contributed by atoms with van der Waals surface area (Å²) in [5.41, 5.74) is -2.24. The van der Waals surface area contributed by atoms with Gasteiger partial charge in [0.2, 0.25) is 10.0 Å². The predicted molar refractivity (Wildman–Crippen MR) is 60.3 cm³/mol. The van der Waals surface area contributed by atoms with Crippen LogP contribution in [0.3, 0.4) is 0 Å². The summed E-state index contributed by atoms with van der Waals surface area (Å²) in [5.74, 6) is -1.81. The molecule has 6 nitrogen and oxygen atoms in total. The zero-order chi connectivity index (χ0) is 15.3. The number of halogens is 3. The van der Waals surface area contributed by atoms with Crippen molar-refractivity contribution in [1.82, 2.24) is 5.32 Å². The first kappa shape index (κ1) is 14.9. The van der Waals surface area contributed by atoms with E-state index in [0.717, 1.165) is 6.07 Å². The predicted octanol–water partition coefficient (Wildman–Crippen LogP) is 1.06. The van der Waals surface area contributed by atoms with Crippen LogP contribution in [0.2, 0.25) is 0 Å². The molecule has 0 aliphatic heterocycles. The minimum Gasteiger partial charge on any atom is -0.455 e. The lowest BCUT2D eigenvalue weighted by Crippen LogP contribution is -2.47. The van der Waals surface area contributed by atoms with Gasteiger partial charge in [-0.3, -0.25) is 4.79 Å². The number of rotatable bonds is 3. The SMILES string of the molecule is Cc1oc(C(=O)NC2(C(F)(F)F)CC2)cc1S(N)(=O)=O. The summed E-state index contributed by atoms with van der Waals surface area (Å²) in [7, 11) is -4.10. The standard InChI is InChI=1S/C10H11F3N2O4S/c1-5-7(20(14,17)18)4-6(19-5)8(16)15-9(2-3-9)10(11,12)13/h4H,2-3H2,1H3,(H,15,16)(H2,14,17,18). The minimum atomic E-state index is -4.56. The molecule has 20 heavy (non-hydrogen) atoms. The fraction of sp³-hybridized carbons (Fsp3) is 0.500. The summed E-state index contributed by atoms with van der Waals surface area (Å²) in [5, 5.41) is 6.70. The molecule has 1 aromatic rings. The van der Waals surface area contributed by atoms with Crippen molar-refractivity contribution in [1.29, 1.82) is 0 Å². The molecule has 112 valence electrons. The number of aryl methyl sites for hydroxylation is 1. The van der Waals surface area contributed by atoms with Gasteiger partial charge in [0.15, 0.2) is 5.76 Å². The first-order valence-electron chi connectivity index (χ1n) is 5.49. The van der Waals surface area contributed by atoms with Gasteiger partial charge in [-0.15, -0.1) is 0 Å². The Morgan fingerprint density at radius 2 is 2.00 bits per heavy atom. The van der Waals surface area contributed by atoms with Gasteiger partial charge in [0, 0.05) is 6.07 Å². The number of nitrogens with one attached hydrogen (secondary N) is 1. The maximum atomic E-state index is 12.7. The van der Waals surface area contributed by atoms with Gasteiger partial charge < -0.3 is 9.73 Å². The molecule has 1 aliphatic rings. The van der Waals surface area contributed by atoms with E-state index in [2.05, 4.69) is 0 Å². The molecule has 3 N–H and O–H groups in total. The van der Waals surface area contributed by atoms with Crippen molar-refractivity contribution < 1.29 is 30.8 Å². The monoisotopic (exact) mass is 312 g/mol. The molecule has 0 spiro atoms. The molecule has 1 saturated carbocycles. The van der Waals surface area contributed by atoms with Gasteiger partial charge in [-0.2, -0.15) is 13.2 Å². The van der Waals surface area contributed by atoms with Gasteiger partial charge in [-0.25, -0.2) is 13.6 Å². The molecule has 0 radical (unpaired) electrons. The van der Waals surface area contributed by atoms with Crippen molar-refractivity contribution in [3.63, 3.8) is 0 Å². The van der Waals surface area contributed by atoms with Crippen molar-refractivity contribution in [2.24, 2.45) is 5.14 Å². The zero-order valence-corrected chi connectivity index (χ0v) is 11.1. The number of alkyl halides is 3. The molecular formula is C10H11F3N2O4S. The van der Waals surface area contributed by atoms with Crippen LogP contribution in [0, 0.1) is 6.92 Å². The van der Waals surface area contributed by atoms with Crippen LogP contribution < -0.4 is 10.5 Å². The number of sulfonamides is 1. The molecule has 1 heterocycles. The van der Waals surface area contributed by atoms with E-state index < -0.39 is 38.3 Å². The maximum Gasteiger partial charge on any atom is 0.411 e. The number of carbonyl (C=O) groups is 1. The number of amides is 1. The molecule has 1 aromatic heterocycles. The number of carbonyl (C=O) groups excluding carboxylic acids is 1. The van der Waals surface area contributed by atoms with Gasteiger partial charge in [0.25, 0.3) is 5.91 Å². The summed E-state index contributed by atoms with van der Waals surface area (Å²) in [6.45, 7) is 1.24. The highest BCUT2D eigenvalue weighted by molar-refractivity contribution is 7.89. The third-order valence-corrected chi connectivity index (χ3v) is 4.07. The van der Waals surface area contributed by atoms with Crippen molar-refractivity contribution in [2.75, 3.05) is 0 Å². The van der Waals surface area contributed by atoms with E-state index >= 15 is 0 Å². The van der Waals surface area contributed by atoms with E-state index in [-0.39, 0.29) is 18.6 Å². The van der Waals surface area contributed by atoms with Crippen molar-refractivity contribution in [3.05, 3.63) is 17.6 Å². The molecule has 0 aromatic carbocycles. The van der Waals surface area contributed by atoms with Crippen molar-refractivity contribution >= 4 is 15.9 Å². The summed E-state index contributed by atoms with van der Waals surface area (Å²) >= 11 is 0. The highest BCUT2D eigenvalue weighted by atomic mass is 32.2. The van der Waals surface area contributed by atoms with Crippen LogP contribution in [-0.2, 0) is 10.0 Å². The molecule has 0 unspecified atom stereocenters. The fourth-order valence-corrected chi connectivity index (χ4v) is 2.46. The Kier molecular flexibility index (Phi) is 3.13. The van der Waals surface area contributed by atoms with Gasteiger partial charge in [0.05, 0.1) is 0 Å². The second kappa shape index (κ2) is 4.22. The Bertz CT molecular complexity index is 659. The minimum absolute atomic E-state index is 0.158. The molecule has 1 amide bonds. The molecule has 1 aliphatic carbocycles. The van der Waals surface area contributed by atoms with Crippen molar-refractivity contribution in [3.8, 4) is 0 Å². The van der Waals surface area contributed by atoms with E-state index in [9.17, 15) is 26.4 Å². The summed E-state index contributed by atoms with van der Waals surface area (Å²) in [6, 6.07) is 0.812. The lowest BCUT2D eigenvalue weighted by atomic mass is 10.2. The maximum absolute atomic E-state index is 12.7. The molecule has 2 rings (SSSR count). The lowest BCUT2D eigenvalue weighted by molar-refractivity contribution is -0.163. The highest BCUT2D eigenvalue weighted by Crippen LogP contribution is 2.49. The van der Waals surface area contributed by atoms with Gasteiger partial charge in [-0.05, 0) is 19.8 Å². The first-order chi connectivity index (χ1) is 8.96. The molecule has 1 fully saturated rings. The lowest BCUT2D eigenvalue weighted by Gasteiger charge is -2.19. The Labute approximate surface area is 112 Å². The number of furan rings is 1. The molecule has 0 bridgehead atoms. The molecule has 10 heteroatoms. The van der Waals surface area contributed by atoms with Gasteiger partial charge in [-0.1, -0.05) is 0 Å². The second-order valence-electron chi connectivity index (χ2n) is 4.61. The molecule has 0 atom stereocenters. The van der Waals surface area contributed by atoms with E-state index in [4.69, 9.17) is 9.56 Å². The van der Waals surface area contributed by atoms with Crippen LogP contribution in [-0.4, -0.2) is 26.0 Å². The first-order valence-corrected chi connectivity index (χ1v) is 7.03. The largest absolute Gasteiger partial charge is 0.455 e. The Hall–Kier alpha value is -1.55. The Balaban J connectivity index is 2.24. The van der Waals surface area contributed by atoms with E-state index in [0.29, 0.717) is 0 Å². The molecular weight excluding hydrogens is 301 g/mol. The highest BCUT2D eigenvalue weighted by Gasteiger charge is 2.64. The topological polar surface area (TPSA) is 102 Å². The van der Waals surface area contributed by atoms with Crippen LogP contribution in [0.25, 0.3) is 0 Å². The average molecular weight is 312 g/mol. The third kappa shape index (κ3) is 2.52. The number of nitrogens with two attached hydrogens (primary N) is 1. The Morgan fingerprint density at radius 1 is 1.45 bits per heavy atom. The van der Waals surface area contributed by atoms with Crippen LogP contribution in [0.5, 0.6) is 0 Å². The van der Waals surface area contributed by atoms with Crippen molar-refractivity contribution in [2.45, 2.75) is 36.4 Å². The number of hydrogen-bond acceptors (Lipinski definition) is 4. The quantitative estimate of drug-likeness (QED) is 0.871. The van der Waals surface area contributed by atoms with Crippen LogP contribution in [0.4, 0.5) is 13.2 Å². The molecule has 0 saturated heterocycles. The van der Waals surface area contributed by atoms with E-state index in [1.807, 2.05) is 5.32 Å². The third-order valence-electron chi connectivity index (χ3n) is 3.05. The zero-order valence-electron chi connectivity index (χ0n) is 10.2.